The van der Waals surface area contributed by atoms with E-state index in [1.165, 1.54) is 12.2 Å². The maximum atomic E-state index is 14.0. The Morgan fingerprint density at radius 2 is 0.778 bits per heavy atom. The van der Waals surface area contributed by atoms with E-state index < -0.39 is 11.9 Å². The molecular formula is C64H54O8. The SMILES string of the molecule is C=CCCCCOc1ccc(C(=O)/C=C/c2ccc(C(=O)Oc3ccc4ccccc4c3-c3c(OC(=O)c4ccc(/C=C/C(=O)c5ccc(OCCCCC=C)cc5)cc4)ccc4ccccc34)cc2)cc1. The molecule has 8 heteroatoms. The van der Waals surface area contributed by atoms with Crippen molar-refractivity contribution in [3.05, 3.63) is 241 Å². The molecule has 8 nitrogen and oxygen atoms in total. The Bertz CT molecular complexity index is 3050. The minimum atomic E-state index is -0.593. The standard InChI is InChI=1S/C64H54O8/c1-3-5-7-13-43-69-53-35-29-49(30-36-53)57(65)39-23-45-19-25-51(26-20-45)63(67)71-59-41-33-47-15-9-11-17-55(47)61(59)62-56-18-12-10-16-48(56)34-42-60(62)72-64(68)52-27-21-46(22-28-52)24-40-58(66)50-31-37-54(38-32-50)70-44-14-8-6-4-2/h3-4,9-12,15-42H,1-2,5-8,13-14,43-44H2/b39-23+,40-24+. The summed E-state index contributed by atoms with van der Waals surface area (Å²) in [7, 11) is 0. The Morgan fingerprint density at radius 1 is 0.403 bits per heavy atom. The van der Waals surface area contributed by atoms with Crippen LogP contribution in [0.25, 0.3) is 44.8 Å². The number of unbranched alkanes of at least 4 members (excludes halogenated alkanes) is 4. The number of ketones is 2. The molecule has 0 spiro atoms. The van der Waals surface area contributed by atoms with Crippen molar-refractivity contribution in [1.29, 1.82) is 0 Å². The summed E-state index contributed by atoms with van der Waals surface area (Å²) in [5, 5.41) is 3.35. The first-order chi connectivity index (χ1) is 35.3. The van der Waals surface area contributed by atoms with Crippen molar-refractivity contribution >= 4 is 57.2 Å². The molecule has 0 N–H and O–H groups in total. The molecule has 0 saturated carbocycles. The minimum absolute atomic E-state index is 0.162. The Morgan fingerprint density at radius 3 is 1.17 bits per heavy atom. The van der Waals surface area contributed by atoms with Gasteiger partial charge in [0.1, 0.15) is 23.0 Å². The molecule has 8 aromatic carbocycles. The van der Waals surface area contributed by atoms with Crippen LogP contribution < -0.4 is 18.9 Å². The van der Waals surface area contributed by atoms with E-state index in [-0.39, 0.29) is 23.1 Å². The Labute approximate surface area is 420 Å². The van der Waals surface area contributed by atoms with Crippen LogP contribution in [0.1, 0.15) is 91.1 Å². The molecule has 0 amide bonds. The molecule has 0 unspecified atom stereocenters. The van der Waals surface area contributed by atoms with Gasteiger partial charge in [-0.05, 0) is 168 Å². The van der Waals surface area contributed by atoms with E-state index in [0.717, 1.165) is 71.2 Å². The van der Waals surface area contributed by atoms with Gasteiger partial charge in [0.05, 0.1) is 24.3 Å². The van der Waals surface area contributed by atoms with E-state index >= 15 is 0 Å². The van der Waals surface area contributed by atoms with Crippen LogP contribution in [-0.2, 0) is 0 Å². The summed E-state index contributed by atoms with van der Waals surface area (Å²) in [6.45, 7) is 8.70. The average molecular weight is 951 g/mol. The van der Waals surface area contributed by atoms with Crippen molar-refractivity contribution in [3.63, 3.8) is 0 Å². The number of hydrogen-bond donors (Lipinski definition) is 0. The normalized spacial score (nSPS) is 11.2. The fourth-order valence-corrected chi connectivity index (χ4v) is 8.10. The highest BCUT2D eigenvalue weighted by molar-refractivity contribution is 6.12. The lowest BCUT2D eigenvalue weighted by atomic mass is 9.92. The van der Waals surface area contributed by atoms with Gasteiger partial charge in [0.15, 0.2) is 11.6 Å². The van der Waals surface area contributed by atoms with Crippen molar-refractivity contribution in [1.82, 2.24) is 0 Å². The summed E-state index contributed by atoms with van der Waals surface area (Å²) < 4.78 is 24.1. The van der Waals surface area contributed by atoms with Gasteiger partial charge in [-0.15, -0.1) is 13.2 Å². The number of rotatable bonds is 23. The third kappa shape index (κ3) is 12.8. The zero-order valence-corrected chi connectivity index (χ0v) is 40.0. The van der Waals surface area contributed by atoms with E-state index in [0.29, 0.717) is 58.1 Å². The van der Waals surface area contributed by atoms with Gasteiger partial charge in [-0.25, -0.2) is 9.59 Å². The van der Waals surface area contributed by atoms with Crippen LogP contribution in [0.5, 0.6) is 23.0 Å². The summed E-state index contributed by atoms with van der Waals surface area (Å²) in [4.78, 5) is 53.9. The summed E-state index contributed by atoms with van der Waals surface area (Å²) in [5.41, 5.74) is 4.27. The molecule has 0 heterocycles. The van der Waals surface area contributed by atoms with Crippen molar-refractivity contribution in [3.8, 4) is 34.1 Å². The van der Waals surface area contributed by atoms with Gasteiger partial charge in [0, 0.05) is 22.3 Å². The van der Waals surface area contributed by atoms with Gasteiger partial charge in [0.2, 0.25) is 0 Å². The van der Waals surface area contributed by atoms with Crippen molar-refractivity contribution in [2.45, 2.75) is 38.5 Å². The molecule has 72 heavy (non-hydrogen) atoms. The molecule has 0 saturated heterocycles. The molecule has 8 rings (SSSR count). The zero-order chi connectivity index (χ0) is 50.1. The lowest BCUT2D eigenvalue weighted by Crippen LogP contribution is -2.11. The maximum Gasteiger partial charge on any atom is 0.343 e. The molecule has 8 aromatic rings. The Kier molecular flexibility index (Phi) is 16.9. The lowest BCUT2D eigenvalue weighted by Gasteiger charge is -2.19. The predicted molar refractivity (Wildman–Crippen MR) is 288 cm³/mol. The second-order valence-corrected chi connectivity index (χ2v) is 17.1. The fraction of sp³-hybridized carbons (Fsp3) is 0.125. The monoisotopic (exact) mass is 950 g/mol. The number of hydrogen-bond acceptors (Lipinski definition) is 8. The van der Waals surface area contributed by atoms with Crippen molar-refractivity contribution < 1.29 is 38.1 Å². The molecule has 0 atom stereocenters. The summed E-state index contributed by atoms with van der Waals surface area (Å²) in [5.74, 6) is 0.460. The van der Waals surface area contributed by atoms with Crippen LogP contribution in [0.2, 0.25) is 0 Å². The van der Waals surface area contributed by atoms with Gasteiger partial charge < -0.3 is 18.9 Å². The quantitative estimate of drug-likeness (QED) is 0.0156. The molecular weight excluding hydrogens is 897 g/mol. The highest BCUT2D eigenvalue weighted by atomic mass is 16.5. The minimum Gasteiger partial charge on any atom is -0.494 e. The molecule has 0 aliphatic rings. The van der Waals surface area contributed by atoms with Crippen LogP contribution in [0.3, 0.4) is 0 Å². The smallest absolute Gasteiger partial charge is 0.343 e. The van der Waals surface area contributed by atoms with Crippen LogP contribution in [0, 0.1) is 0 Å². The van der Waals surface area contributed by atoms with E-state index in [1.54, 1.807) is 121 Å². The number of carbonyl (C=O) groups excluding carboxylic acids is 4. The summed E-state index contributed by atoms with van der Waals surface area (Å²) in [6, 6.07) is 50.6. The van der Waals surface area contributed by atoms with E-state index in [9.17, 15) is 19.2 Å². The zero-order valence-electron chi connectivity index (χ0n) is 40.0. The molecule has 0 radical (unpaired) electrons. The second kappa shape index (κ2) is 24.6. The summed E-state index contributed by atoms with van der Waals surface area (Å²) >= 11 is 0. The number of benzene rings is 8. The van der Waals surface area contributed by atoms with E-state index in [1.807, 2.05) is 72.8 Å². The third-order valence-electron chi connectivity index (χ3n) is 12.0. The molecule has 0 fully saturated rings. The first-order valence-electron chi connectivity index (χ1n) is 24.1. The number of ether oxygens (including phenoxy) is 4. The molecule has 0 bridgehead atoms. The topological polar surface area (TPSA) is 105 Å². The fourth-order valence-electron chi connectivity index (χ4n) is 8.10. The largest absolute Gasteiger partial charge is 0.494 e. The first-order valence-corrected chi connectivity index (χ1v) is 24.1. The van der Waals surface area contributed by atoms with E-state index in [2.05, 4.69) is 13.2 Å². The number of allylic oxidation sites excluding steroid dienone is 4. The average Bonchev–Trinajstić information content (AvgIpc) is 3.42. The molecule has 358 valence electrons. The molecule has 0 aromatic heterocycles. The highest BCUT2D eigenvalue weighted by Gasteiger charge is 2.23. The second-order valence-electron chi connectivity index (χ2n) is 17.1. The lowest BCUT2D eigenvalue weighted by molar-refractivity contribution is 0.0723. The first kappa shape index (κ1) is 49.5. The third-order valence-corrected chi connectivity index (χ3v) is 12.0. The van der Waals surface area contributed by atoms with Gasteiger partial charge in [-0.2, -0.15) is 0 Å². The van der Waals surface area contributed by atoms with Gasteiger partial charge in [0.25, 0.3) is 0 Å². The summed E-state index contributed by atoms with van der Waals surface area (Å²) in [6.07, 6.45) is 16.0. The Balaban J connectivity index is 0.973. The molecule has 0 aliphatic carbocycles. The van der Waals surface area contributed by atoms with Gasteiger partial charge in [-0.3, -0.25) is 9.59 Å². The van der Waals surface area contributed by atoms with Crippen molar-refractivity contribution in [2.75, 3.05) is 13.2 Å². The maximum absolute atomic E-state index is 14.0. The van der Waals surface area contributed by atoms with E-state index in [4.69, 9.17) is 18.9 Å². The van der Waals surface area contributed by atoms with Gasteiger partial charge in [-0.1, -0.05) is 109 Å². The molecule has 0 aliphatic heterocycles. The van der Waals surface area contributed by atoms with Crippen LogP contribution in [-0.4, -0.2) is 36.7 Å². The Hall–Kier alpha value is -8.88. The highest BCUT2D eigenvalue weighted by Crippen LogP contribution is 2.46. The predicted octanol–water partition coefficient (Wildman–Crippen LogP) is 15.4. The van der Waals surface area contributed by atoms with Crippen LogP contribution >= 0.6 is 0 Å². The van der Waals surface area contributed by atoms with Gasteiger partial charge >= 0.3 is 11.9 Å². The number of esters is 2. The number of fused-ring (bicyclic) bond motifs is 2. The number of carbonyl (C=O) groups is 4. The van der Waals surface area contributed by atoms with Crippen LogP contribution in [0.4, 0.5) is 0 Å². The van der Waals surface area contributed by atoms with Crippen molar-refractivity contribution in [2.24, 2.45) is 0 Å². The van der Waals surface area contributed by atoms with Crippen LogP contribution in [0.15, 0.2) is 207 Å².